The molecule has 1 aliphatic carbocycles. The Morgan fingerprint density at radius 2 is 1.72 bits per heavy atom. The predicted octanol–water partition coefficient (Wildman–Crippen LogP) is 4.25. The number of methoxy groups -OCH3 is 1. The van der Waals surface area contributed by atoms with Crippen LogP contribution in [0.4, 0.5) is 0 Å². The zero-order chi connectivity index (χ0) is 23.1. The maximum absolute atomic E-state index is 13.5. The Morgan fingerprint density at radius 1 is 1.03 bits per heavy atom. The highest BCUT2D eigenvalue weighted by molar-refractivity contribution is 6.08. The molecule has 0 spiro atoms. The minimum Gasteiger partial charge on any atom is -0.493 e. The molecule has 0 aliphatic heterocycles. The van der Waals surface area contributed by atoms with Gasteiger partial charge in [0.2, 0.25) is 0 Å². The summed E-state index contributed by atoms with van der Waals surface area (Å²) in [5, 5.41) is 9.89. The van der Waals surface area contributed by atoms with Crippen molar-refractivity contribution in [2.24, 2.45) is 5.92 Å². The summed E-state index contributed by atoms with van der Waals surface area (Å²) in [6.07, 6.45) is 4.01. The molecule has 170 valence electrons. The van der Waals surface area contributed by atoms with Gasteiger partial charge in [0.25, 0.3) is 0 Å². The first kappa shape index (κ1) is 23.3. The first-order chi connectivity index (χ1) is 15.5. The highest BCUT2D eigenvalue weighted by Gasteiger charge is 2.42. The zero-order valence-corrected chi connectivity index (χ0v) is 18.3. The second kappa shape index (κ2) is 10.8. The van der Waals surface area contributed by atoms with Gasteiger partial charge < -0.3 is 19.3 Å². The lowest BCUT2D eigenvalue weighted by Gasteiger charge is -2.24. The van der Waals surface area contributed by atoms with Gasteiger partial charge in [-0.05, 0) is 50.3 Å². The van der Waals surface area contributed by atoms with Crippen LogP contribution in [0.1, 0.15) is 54.4 Å². The molecule has 2 unspecified atom stereocenters. The van der Waals surface area contributed by atoms with Crippen LogP contribution in [0.15, 0.2) is 48.5 Å². The molecule has 1 N–H and O–H groups in total. The summed E-state index contributed by atoms with van der Waals surface area (Å²) in [5.41, 5.74) is 0.662. The number of ether oxygens (including phenoxy) is 3. The van der Waals surface area contributed by atoms with Crippen LogP contribution in [-0.4, -0.2) is 42.6 Å². The SMILES string of the molecule is CCOC(=O)C(C(=O)O)C(C(=O)c1ccccc1)c1ccc(OC)c(OC2CCCC2)c1. The van der Waals surface area contributed by atoms with Crippen LogP contribution in [-0.2, 0) is 14.3 Å². The summed E-state index contributed by atoms with van der Waals surface area (Å²) in [7, 11) is 1.52. The van der Waals surface area contributed by atoms with Crippen molar-refractivity contribution < 1.29 is 33.7 Å². The molecule has 2 aromatic carbocycles. The second-order valence-electron chi connectivity index (χ2n) is 7.71. The number of hydrogen-bond donors (Lipinski definition) is 1. The number of carboxylic acid groups (broad SMARTS) is 1. The molecular formula is C25H28O7. The molecule has 32 heavy (non-hydrogen) atoms. The fourth-order valence-electron chi connectivity index (χ4n) is 4.05. The van der Waals surface area contributed by atoms with Gasteiger partial charge in [0, 0.05) is 5.56 Å². The molecule has 0 heterocycles. The first-order valence-corrected chi connectivity index (χ1v) is 10.8. The Kier molecular flexibility index (Phi) is 7.87. The van der Waals surface area contributed by atoms with Gasteiger partial charge in [-0.1, -0.05) is 36.4 Å². The number of aliphatic carboxylic acids is 1. The summed E-state index contributed by atoms with van der Waals surface area (Å²) in [4.78, 5) is 38.2. The van der Waals surface area contributed by atoms with Crippen molar-refractivity contribution in [1.29, 1.82) is 0 Å². The Labute approximate surface area is 187 Å². The van der Waals surface area contributed by atoms with Crippen LogP contribution in [0.25, 0.3) is 0 Å². The van der Waals surface area contributed by atoms with Crippen LogP contribution in [0, 0.1) is 5.92 Å². The van der Waals surface area contributed by atoms with E-state index in [0.29, 0.717) is 22.6 Å². The van der Waals surface area contributed by atoms with Gasteiger partial charge in [0.1, 0.15) is 0 Å². The number of hydrogen-bond acceptors (Lipinski definition) is 6. The third-order valence-corrected chi connectivity index (χ3v) is 5.62. The minimum atomic E-state index is -1.70. The van der Waals surface area contributed by atoms with Gasteiger partial charge >= 0.3 is 11.9 Å². The number of esters is 1. The van der Waals surface area contributed by atoms with Crippen molar-refractivity contribution in [3.63, 3.8) is 0 Å². The van der Waals surface area contributed by atoms with E-state index in [1.807, 2.05) is 0 Å². The number of Topliss-reactive ketones (excluding diaryl/α,β-unsaturated/α-hetero) is 1. The van der Waals surface area contributed by atoms with Gasteiger partial charge in [-0.25, -0.2) is 0 Å². The number of rotatable bonds is 10. The summed E-state index contributed by atoms with van der Waals surface area (Å²) in [6, 6.07) is 13.2. The Hall–Kier alpha value is -3.35. The molecule has 1 fully saturated rings. The fraction of sp³-hybridized carbons (Fsp3) is 0.400. The quantitative estimate of drug-likeness (QED) is 0.335. The molecule has 1 saturated carbocycles. The molecule has 7 nitrogen and oxygen atoms in total. The lowest BCUT2D eigenvalue weighted by atomic mass is 9.80. The second-order valence-corrected chi connectivity index (χ2v) is 7.71. The van der Waals surface area contributed by atoms with Crippen molar-refractivity contribution in [3.8, 4) is 11.5 Å². The van der Waals surface area contributed by atoms with E-state index in [0.717, 1.165) is 25.7 Å². The molecule has 0 amide bonds. The van der Waals surface area contributed by atoms with Crippen LogP contribution in [0.2, 0.25) is 0 Å². The van der Waals surface area contributed by atoms with Crippen LogP contribution in [0.3, 0.4) is 0 Å². The molecule has 0 radical (unpaired) electrons. The number of ketones is 1. The standard InChI is InChI=1S/C25H28O7/c1-3-31-25(29)22(24(27)28)21(23(26)16-9-5-4-6-10-16)17-13-14-19(30-2)20(15-17)32-18-11-7-8-12-18/h4-6,9-10,13-15,18,21-22H,3,7-8,11-12H2,1-2H3,(H,27,28). The van der Waals surface area contributed by atoms with E-state index < -0.39 is 29.6 Å². The third kappa shape index (κ3) is 5.28. The van der Waals surface area contributed by atoms with Crippen molar-refractivity contribution in [2.45, 2.75) is 44.6 Å². The number of benzene rings is 2. The van der Waals surface area contributed by atoms with E-state index in [1.54, 1.807) is 55.5 Å². The first-order valence-electron chi connectivity index (χ1n) is 10.8. The van der Waals surface area contributed by atoms with Crippen molar-refractivity contribution in [3.05, 3.63) is 59.7 Å². The van der Waals surface area contributed by atoms with Gasteiger partial charge in [-0.2, -0.15) is 0 Å². The van der Waals surface area contributed by atoms with Crippen LogP contribution < -0.4 is 9.47 Å². The molecule has 0 saturated heterocycles. The Bertz CT molecular complexity index is 948. The lowest BCUT2D eigenvalue weighted by Crippen LogP contribution is -2.36. The molecule has 1 aliphatic rings. The predicted molar refractivity (Wildman–Crippen MR) is 117 cm³/mol. The molecule has 7 heteroatoms. The highest BCUT2D eigenvalue weighted by atomic mass is 16.5. The molecule has 2 atom stereocenters. The third-order valence-electron chi connectivity index (χ3n) is 5.62. The highest BCUT2D eigenvalue weighted by Crippen LogP contribution is 2.38. The summed E-state index contributed by atoms with van der Waals surface area (Å²) in [6.45, 7) is 1.60. The average molecular weight is 440 g/mol. The van der Waals surface area contributed by atoms with E-state index in [9.17, 15) is 19.5 Å². The Morgan fingerprint density at radius 3 is 2.31 bits per heavy atom. The number of carboxylic acids is 1. The average Bonchev–Trinajstić information content (AvgIpc) is 3.30. The molecule has 3 rings (SSSR count). The molecule has 2 aromatic rings. The van der Waals surface area contributed by atoms with Crippen LogP contribution in [0.5, 0.6) is 11.5 Å². The Balaban J connectivity index is 2.08. The van der Waals surface area contributed by atoms with E-state index in [2.05, 4.69) is 0 Å². The normalized spacial score (nSPS) is 15.6. The van der Waals surface area contributed by atoms with E-state index in [4.69, 9.17) is 14.2 Å². The monoisotopic (exact) mass is 440 g/mol. The summed E-state index contributed by atoms with van der Waals surface area (Å²) in [5.74, 6) is -4.94. The smallest absolute Gasteiger partial charge is 0.321 e. The van der Waals surface area contributed by atoms with Crippen molar-refractivity contribution in [1.82, 2.24) is 0 Å². The fourth-order valence-corrected chi connectivity index (χ4v) is 4.05. The van der Waals surface area contributed by atoms with Gasteiger partial charge in [-0.3, -0.25) is 14.4 Å². The zero-order valence-electron chi connectivity index (χ0n) is 18.3. The van der Waals surface area contributed by atoms with Crippen LogP contribution >= 0.6 is 0 Å². The van der Waals surface area contributed by atoms with E-state index >= 15 is 0 Å². The maximum Gasteiger partial charge on any atom is 0.321 e. The van der Waals surface area contributed by atoms with Gasteiger partial charge in [0.15, 0.2) is 23.2 Å². The molecular weight excluding hydrogens is 412 g/mol. The van der Waals surface area contributed by atoms with Crippen molar-refractivity contribution in [2.75, 3.05) is 13.7 Å². The molecule has 0 bridgehead atoms. The topological polar surface area (TPSA) is 99.1 Å². The summed E-state index contributed by atoms with van der Waals surface area (Å²) < 4.78 is 16.5. The van der Waals surface area contributed by atoms with Gasteiger partial charge in [-0.15, -0.1) is 0 Å². The lowest BCUT2D eigenvalue weighted by molar-refractivity contribution is -0.159. The number of carbonyl (C=O) groups excluding carboxylic acids is 2. The minimum absolute atomic E-state index is 0.00745. The number of carbonyl (C=O) groups is 3. The van der Waals surface area contributed by atoms with E-state index in [1.165, 1.54) is 7.11 Å². The summed E-state index contributed by atoms with van der Waals surface area (Å²) >= 11 is 0. The maximum atomic E-state index is 13.5. The molecule has 0 aromatic heterocycles. The van der Waals surface area contributed by atoms with Gasteiger partial charge in [0.05, 0.1) is 25.7 Å². The largest absolute Gasteiger partial charge is 0.493 e. The van der Waals surface area contributed by atoms with E-state index in [-0.39, 0.29) is 12.7 Å². The van der Waals surface area contributed by atoms with Crippen molar-refractivity contribution >= 4 is 17.7 Å².